The molecule has 0 radical (unpaired) electrons. The Bertz CT molecular complexity index is 498. The Hall–Kier alpha value is -1.07. The molecule has 3 N–H and O–H groups in total. The molecule has 0 amide bonds. The SMILES string of the molecule is CC(C)CCCCCCNS(=O)(=O)c1ccccc1N. The predicted octanol–water partition coefficient (Wildman–Crippen LogP) is 3.15. The number of nitrogens with two attached hydrogens (primary N) is 1. The van der Waals surface area contributed by atoms with Crippen molar-refractivity contribution in [3.8, 4) is 0 Å². The quantitative estimate of drug-likeness (QED) is 0.543. The molecule has 0 spiro atoms. The highest BCUT2D eigenvalue weighted by Gasteiger charge is 2.15. The maximum Gasteiger partial charge on any atom is 0.242 e. The first-order valence-electron chi connectivity index (χ1n) is 7.27. The molecular formula is C15H26N2O2S. The second kappa shape index (κ2) is 8.27. The van der Waals surface area contributed by atoms with E-state index in [2.05, 4.69) is 18.6 Å². The summed E-state index contributed by atoms with van der Waals surface area (Å²) in [6.07, 6.45) is 5.54. The minimum Gasteiger partial charge on any atom is -0.398 e. The Morgan fingerprint density at radius 1 is 1.10 bits per heavy atom. The summed E-state index contributed by atoms with van der Waals surface area (Å²) in [7, 11) is -3.47. The van der Waals surface area contributed by atoms with Gasteiger partial charge < -0.3 is 5.73 Å². The van der Waals surface area contributed by atoms with Gasteiger partial charge in [0.25, 0.3) is 0 Å². The van der Waals surface area contributed by atoms with Crippen molar-refractivity contribution in [3.05, 3.63) is 24.3 Å². The molecule has 20 heavy (non-hydrogen) atoms. The van der Waals surface area contributed by atoms with E-state index in [1.807, 2.05) is 0 Å². The van der Waals surface area contributed by atoms with Gasteiger partial charge in [0.15, 0.2) is 0 Å². The molecule has 114 valence electrons. The Labute approximate surface area is 122 Å². The molecule has 0 aliphatic carbocycles. The third-order valence-corrected chi connectivity index (χ3v) is 4.74. The van der Waals surface area contributed by atoms with Crippen LogP contribution in [-0.2, 0) is 10.0 Å². The summed E-state index contributed by atoms with van der Waals surface area (Å²) in [5, 5.41) is 0. The number of benzene rings is 1. The third kappa shape index (κ3) is 5.92. The average Bonchev–Trinajstić information content (AvgIpc) is 2.37. The van der Waals surface area contributed by atoms with Gasteiger partial charge in [-0.1, -0.05) is 51.7 Å². The fourth-order valence-electron chi connectivity index (χ4n) is 2.04. The van der Waals surface area contributed by atoms with Crippen LogP contribution in [0.1, 0.15) is 46.0 Å². The lowest BCUT2D eigenvalue weighted by atomic mass is 10.0. The molecule has 0 aliphatic rings. The molecule has 0 saturated carbocycles. The molecule has 4 nitrogen and oxygen atoms in total. The molecule has 0 heterocycles. The lowest BCUT2D eigenvalue weighted by Gasteiger charge is -2.09. The van der Waals surface area contributed by atoms with Gasteiger partial charge in [-0.15, -0.1) is 0 Å². The van der Waals surface area contributed by atoms with Crippen LogP contribution in [0.15, 0.2) is 29.2 Å². The largest absolute Gasteiger partial charge is 0.398 e. The zero-order valence-corrected chi connectivity index (χ0v) is 13.2. The van der Waals surface area contributed by atoms with Crippen LogP contribution < -0.4 is 10.5 Å². The molecule has 1 rings (SSSR count). The van der Waals surface area contributed by atoms with Gasteiger partial charge in [0.05, 0.1) is 5.69 Å². The fraction of sp³-hybridized carbons (Fsp3) is 0.600. The maximum absolute atomic E-state index is 12.0. The lowest BCUT2D eigenvalue weighted by Crippen LogP contribution is -2.25. The average molecular weight is 298 g/mol. The Kier molecular flexibility index (Phi) is 7.02. The van der Waals surface area contributed by atoms with Crippen LogP contribution >= 0.6 is 0 Å². The van der Waals surface area contributed by atoms with E-state index in [-0.39, 0.29) is 10.6 Å². The first kappa shape index (κ1) is 17.0. The molecule has 0 saturated heterocycles. The van der Waals surface area contributed by atoms with Gasteiger partial charge in [-0.05, 0) is 24.5 Å². The van der Waals surface area contributed by atoms with E-state index in [9.17, 15) is 8.42 Å². The molecule has 5 heteroatoms. The highest BCUT2D eigenvalue weighted by Crippen LogP contribution is 2.16. The van der Waals surface area contributed by atoms with Crippen molar-refractivity contribution < 1.29 is 8.42 Å². The van der Waals surface area contributed by atoms with Crippen molar-refractivity contribution in [3.63, 3.8) is 0 Å². The highest BCUT2D eigenvalue weighted by atomic mass is 32.2. The van der Waals surface area contributed by atoms with Crippen molar-refractivity contribution in [1.29, 1.82) is 0 Å². The summed E-state index contributed by atoms with van der Waals surface area (Å²) < 4.78 is 26.7. The zero-order valence-electron chi connectivity index (χ0n) is 12.4. The molecule has 0 aliphatic heterocycles. The second-order valence-corrected chi connectivity index (χ2v) is 7.27. The summed E-state index contributed by atoms with van der Waals surface area (Å²) in [5.74, 6) is 0.745. The minimum absolute atomic E-state index is 0.166. The monoisotopic (exact) mass is 298 g/mol. The van der Waals surface area contributed by atoms with E-state index in [4.69, 9.17) is 5.73 Å². The Balaban J connectivity index is 2.29. The van der Waals surface area contributed by atoms with Gasteiger partial charge in [-0.2, -0.15) is 0 Å². The first-order valence-corrected chi connectivity index (χ1v) is 8.76. The van der Waals surface area contributed by atoms with Crippen LogP contribution in [0.2, 0.25) is 0 Å². The summed E-state index contributed by atoms with van der Waals surface area (Å²) in [4.78, 5) is 0.166. The number of unbranched alkanes of at least 4 members (excludes halogenated alkanes) is 3. The van der Waals surface area contributed by atoms with Gasteiger partial charge in [-0.3, -0.25) is 0 Å². The van der Waals surface area contributed by atoms with Crippen molar-refractivity contribution >= 4 is 15.7 Å². The van der Waals surface area contributed by atoms with E-state index in [1.165, 1.54) is 18.9 Å². The van der Waals surface area contributed by atoms with Gasteiger partial charge in [0, 0.05) is 6.54 Å². The molecule has 1 aromatic carbocycles. The number of nitrogens with one attached hydrogen (secondary N) is 1. The standard InChI is InChI=1S/C15H26N2O2S/c1-13(2)9-5-3-4-8-12-17-20(18,19)15-11-7-6-10-14(15)16/h6-7,10-11,13,17H,3-5,8-9,12,16H2,1-2H3. The second-order valence-electron chi connectivity index (χ2n) is 5.53. The zero-order chi connectivity index (χ0) is 15.0. The summed E-state index contributed by atoms with van der Waals surface area (Å²) in [6, 6.07) is 6.53. The first-order chi connectivity index (χ1) is 9.43. The topological polar surface area (TPSA) is 72.2 Å². The predicted molar refractivity (Wildman–Crippen MR) is 84.0 cm³/mol. The summed E-state index contributed by atoms with van der Waals surface area (Å²) in [5.41, 5.74) is 5.97. The molecule has 0 aromatic heterocycles. The normalized spacial score (nSPS) is 11.9. The lowest BCUT2D eigenvalue weighted by molar-refractivity contribution is 0.517. The van der Waals surface area contributed by atoms with E-state index in [1.54, 1.807) is 18.2 Å². The van der Waals surface area contributed by atoms with E-state index >= 15 is 0 Å². The molecule has 1 aromatic rings. The van der Waals surface area contributed by atoms with Crippen molar-refractivity contribution in [1.82, 2.24) is 4.72 Å². The number of anilines is 1. The van der Waals surface area contributed by atoms with Crippen molar-refractivity contribution in [2.24, 2.45) is 5.92 Å². The Morgan fingerprint density at radius 2 is 1.75 bits per heavy atom. The highest BCUT2D eigenvalue weighted by molar-refractivity contribution is 7.89. The van der Waals surface area contributed by atoms with Crippen LogP contribution in [-0.4, -0.2) is 15.0 Å². The van der Waals surface area contributed by atoms with Crippen molar-refractivity contribution in [2.45, 2.75) is 50.8 Å². The van der Waals surface area contributed by atoms with E-state index in [0.29, 0.717) is 6.54 Å². The third-order valence-electron chi connectivity index (χ3n) is 3.21. The molecule has 0 unspecified atom stereocenters. The maximum atomic E-state index is 12.0. The van der Waals surface area contributed by atoms with Gasteiger partial charge >= 0.3 is 0 Å². The number of hydrogen-bond acceptors (Lipinski definition) is 3. The van der Waals surface area contributed by atoms with Crippen molar-refractivity contribution in [2.75, 3.05) is 12.3 Å². The molecular weight excluding hydrogens is 272 g/mol. The minimum atomic E-state index is -3.47. The van der Waals surface area contributed by atoms with E-state index in [0.717, 1.165) is 25.2 Å². The van der Waals surface area contributed by atoms with Crippen LogP contribution in [0.5, 0.6) is 0 Å². The van der Waals surface area contributed by atoms with Gasteiger partial charge in [0.2, 0.25) is 10.0 Å². The van der Waals surface area contributed by atoms with Crippen LogP contribution in [0.25, 0.3) is 0 Å². The Morgan fingerprint density at radius 3 is 2.40 bits per heavy atom. The summed E-state index contributed by atoms with van der Waals surface area (Å²) in [6.45, 7) is 4.91. The smallest absolute Gasteiger partial charge is 0.242 e. The molecule has 0 bridgehead atoms. The molecule has 0 atom stereocenters. The van der Waals surface area contributed by atoms with Crippen LogP contribution in [0, 0.1) is 5.92 Å². The molecule has 0 fully saturated rings. The number of para-hydroxylation sites is 1. The summed E-state index contributed by atoms with van der Waals surface area (Å²) >= 11 is 0. The number of sulfonamides is 1. The van der Waals surface area contributed by atoms with Crippen LogP contribution in [0.4, 0.5) is 5.69 Å². The van der Waals surface area contributed by atoms with Gasteiger partial charge in [0.1, 0.15) is 4.90 Å². The van der Waals surface area contributed by atoms with E-state index < -0.39 is 10.0 Å². The van der Waals surface area contributed by atoms with Crippen LogP contribution in [0.3, 0.4) is 0 Å². The number of nitrogen functional groups attached to an aromatic ring is 1. The van der Waals surface area contributed by atoms with Gasteiger partial charge in [-0.25, -0.2) is 13.1 Å². The number of rotatable bonds is 9. The fourth-order valence-corrected chi connectivity index (χ4v) is 3.25. The number of hydrogen-bond donors (Lipinski definition) is 2.